The molecule has 0 aromatic carbocycles. The molecule has 0 radical (unpaired) electrons. The van der Waals surface area contributed by atoms with Gasteiger partial charge in [0.1, 0.15) is 0 Å². The molecule has 1 aliphatic rings. The van der Waals surface area contributed by atoms with E-state index in [-0.39, 0.29) is 0 Å². The van der Waals surface area contributed by atoms with Gasteiger partial charge in [0.25, 0.3) is 0 Å². The van der Waals surface area contributed by atoms with Crippen LogP contribution in [-0.4, -0.2) is 13.2 Å². The summed E-state index contributed by atoms with van der Waals surface area (Å²) in [6.45, 7) is 6.65. The third kappa shape index (κ3) is 2.78. The van der Waals surface area contributed by atoms with Crippen LogP contribution in [0.15, 0.2) is 0 Å². The summed E-state index contributed by atoms with van der Waals surface area (Å²) in [5.74, 6) is 1.84. The second-order valence-electron chi connectivity index (χ2n) is 3.96. The molecule has 0 N–H and O–H groups in total. The van der Waals surface area contributed by atoms with Gasteiger partial charge in [0, 0.05) is 5.92 Å². The van der Waals surface area contributed by atoms with E-state index in [1.54, 1.807) is 0 Å². The second-order valence-corrected chi connectivity index (χ2v) is 3.96. The molecule has 12 heavy (non-hydrogen) atoms. The summed E-state index contributed by atoms with van der Waals surface area (Å²) in [4.78, 5) is 0. The van der Waals surface area contributed by atoms with Crippen LogP contribution in [0.4, 0.5) is 0 Å². The molecule has 1 saturated heterocycles. The van der Waals surface area contributed by atoms with Crippen molar-refractivity contribution in [2.45, 2.75) is 46.0 Å². The highest BCUT2D eigenvalue weighted by atomic mass is 16.5. The predicted molar refractivity (Wildman–Crippen MR) is 52.2 cm³/mol. The van der Waals surface area contributed by atoms with Gasteiger partial charge < -0.3 is 4.74 Å². The molecule has 72 valence electrons. The lowest BCUT2D eigenvalue weighted by molar-refractivity contribution is -0.0634. The summed E-state index contributed by atoms with van der Waals surface area (Å²) >= 11 is 0. The van der Waals surface area contributed by atoms with E-state index in [4.69, 9.17) is 4.74 Å². The fraction of sp³-hybridized carbons (Fsp3) is 1.00. The SMILES string of the molecule is CCCCCC(CC)C1COC1. The molecule has 0 aliphatic carbocycles. The Kier molecular flexibility index (Phi) is 4.67. The first-order valence-electron chi connectivity index (χ1n) is 5.46. The Balaban J connectivity index is 2.07. The highest BCUT2D eigenvalue weighted by Gasteiger charge is 2.26. The highest BCUT2D eigenvalue weighted by molar-refractivity contribution is 4.74. The Morgan fingerprint density at radius 3 is 2.42 bits per heavy atom. The van der Waals surface area contributed by atoms with Crippen LogP contribution < -0.4 is 0 Å². The second kappa shape index (κ2) is 5.58. The maximum atomic E-state index is 5.22. The van der Waals surface area contributed by atoms with Crippen LogP contribution in [0.3, 0.4) is 0 Å². The summed E-state index contributed by atoms with van der Waals surface area (Å²) < 4.78 is 5.22. The number of hydrogen-bond acceptors (Lipinski definition) is 1. The van der Waals surface area contributed by atoms with Crippen LogP contribution in [0.25, 0.3) is 0 Å². The van der Waals surface area contributed by atoms with Crippen LogP contribution in [0.2, 0.25) is 0 Å². The van der Waals surface area contributed by atoms with Crippen molar-refractivity contribution < 1.29 is 4.74 Å². The molecule has 0 bridgehead atoms. The maximum absolute atomic E-state index is 5.22. The number of ether oxygens (including phenoxy) is 1. The average molecular weight is 170 g/mol. The monoisotopic (exact) mass is 170 g/mol. The van der Waals surface area contributed by atoms with Crippen molar-refractivity contribution in [2.75, 3.05) is 13.2 Å². The zero-order chi connectivity index (χ0) is 8.81. The van der Waals surface area contributed by atoms with Crippen molar-refractivity contribution in [3.8, 4) is 0 Å². The van der Waals surface area contributed by atoms with Gasteiger partial charge in [-0.15, -0.1) is 0 Å². The van der Waals surface area contributed by atoms with E-state index in [0.29, 0.717) is 0 Å². The van der Waals surface area contributed by atoms with Gasteiger partial charge in [0.2, 0.25) is 0 Å². The third-order valence-electron chi connectivity index (χ3n) is 3.03. The minimum Gasteiger partial charge on any atom is -0.381 e. The van der Waals surface area contributed by atoms with Gasteiger partial charge in [-0.2, -0.15) is 0 Å². The van der Waals surface area contributed by atoms with Crippen LogP contribution >= 0.6 is 0 Å². The van der Waals surface area contributed by atoms with Crippen LogP contribution in [-0.2, 0) is 4.74 Å². The molecule has 1 fully saturated rings. The maximum Gasteiger partial charge on any atom is 0.0519 e. The van der Waals surface area contributed by atoms with Crippen molar-refractivity contribution in [3.05, 3.63) is 0 Å². The summed E-state index contributed by atoms with van der Waals surface area (Å²) in [6.07, 6.45) is 6.95. The molecule has 0 aromatic rings. The van der Waals surface area contributed by atoms with E-state index in [0.717, 1.165) is 25.0 Å². The minimum absolute atomic E-state index is 0.895. The van der Waals surface area contributed by atoms with E-state index in [1.807, 2.05) is 0 Å². The number of hydrogen-bond donors (Lipinski definition) is 0. The summed E-state index contributed by atoms with van der Waals surface area (Å²) in [5, 5.41) is 0. The van der Waals surface area contributed by atoms with Crippen molar-refractivity contribution in [3.63, 3.8) is 0 Å². The molecule has 1 atom stereocenters. The molecule has 0 amide bonds. The Morgan fingerprint density at radius 2 is 2.00 bits per heavy atom. The normalized spacial score (nSPS) is 20.5. The summed E-state index contributed by atoms with van der Waals surface area (Å²) in [7, 11) is 0. The van der Waals surface area contributed by atoms with Crippen LogP contribution in [0.5, 0.6) is 0 Å². The molecule has 1 heterocycles. The number of unbranched alkanes of at least 4 members (excludes halogenated alkanes) is 2. The van der Waals surface area contributed by atoms with E-state index in [1.165, 1.54) is 32.1 Å². The molecule has 1 unspecified atom stereocenters. The third-order valence-corrected chi connectivity index (χ3v) is 3.03. The average Bonchev–Trinajstić information content (AvgIpc) is 1.99. The Bertz CT molecular complexity index is 108. The topological polar surface area (TPSA) is 9.23 Å². The van der Waals surface area contributed by atoms with Crippen LogP contribution in [0.1, 0.15) is 46.0 Å². The van der Waals surface area contributed by atoms with Gasteiger partial charge in [-0.25, -0.2) is 0 Å². The Morgan fingerprint density at radius 1 is 1.25 bits per heavy atom. The zero-order valence-corrected chi connectivity index (χ0v) is 8.51. The van der Waals surface area contributed by atoms with Gasteiger partial charge in [-0.05, 0) is 5.92 Å². The molecule has 0 saturated carbocycles. The quantitative estimate of drug-likeness (QED) is 0.556. The smallest absolute Gasteiger partial charge is 0.0519 e. The van der Waals surface area contributed by atoms with E-state index < -0.39 is 0 Å². The van der Waals surface area contributed by atoms with Crippen molar-refractivity contribution >= 4 is 0 Å². The zero-order valence-electron chi connectivity index (χ0n) is 8.51. The lowest BCUT2D eigenvalue weighted by atomic mass is 9.84. The minimum atomic E-state index is 0.895. The van der Waals surface area contributed by atoms with E-state index in [9.17, 15) is 0 Å². The summed E-state index contributed by atoms with van der Waals surface area (Å²) in [5.41, 5.74) is 0. The van der Waals surface area contributed by atoms with Crippen molar-refractivity contribution in [2.24, 2.45) is 11.8 Å². The highest BCUT2D eigenvalue weighted by Crippen LogP contribution is 2.27. The fourth-order valence-electron chi connectivity index (χ4n) is 1.96. The molecule has 0 spiro atoms. The van der Waals surface area contributed by atoms with Crippen LogP contribution in [0, 0.1) is 11.8 Å². The van der Waals surface area contributed by atoms with Gasteiger partial charge in [0.05, 0.1) is 13.2 Å². The predicted octanol–water partition coefficient (Wildman–Crippen LogP) is 3.24. The standard InChI is InChI=1S/C11H22O/c1-3-5-6-7-10(4-2)11-8-12-9-11/h10-11H,3-9H2,1-2H3. The molecule has 1 nitrogen and oxygen atoms in total. The molecular formula is C11H22O. The van der Waals surface area contributed by atoms with E-state index >= 15 is 0 Å². The first-order chi connectivity index (χ1) is 5.88. The van der Waals surface area contributed by atoms with Gasteiger partial charge in [-0.3, -0.25) is 0 Å². The lowest BCUT2D eigenvalue weighted by Gasteiger charge is -2.33. The summed E-state index contributed by atoms with van der Waals surface area (Å²) in [6, 6.07) is 0. The van der Waals surface area contributed by atoms with E-state index in [2.05, 4.69) is 13.8 Å². The first kappa shape index (κ1) is 10.0. The number of rotatable bonds is 6. The van der Waals surface area contributed by atoms with Gasteiger partial charge in [-0.1, -0.05) is 46.0 Å². The Hall–Kier alpha value is -0.0400. The van der Waals surface area contributed by atoms with Crippen molar-refractivity contribution in [1.29, 1.82) is 0 Å². The molecule has 1 rings (SSSR count). The first-order valence-corrected chi connectivity index (χ1v) is 5.46. The van der Waals surface area contributed by atoms with Gasteiger partial charge in [0.15, 0.2) is 0 Å². The molecule has 0 aromatic heterocycles. The van der Waals surface area contributed by atoms with Crippen molar-refractivity contribution in [1.82, 2.24) is 0 Å². The molecule has 1 heteroatoms. The molecular weight excluding hydrogens is 148 g/mol. The fourth-order valence-corrected chi connectivity index (χ4v) is 1.96. The Labute approximate surface area is 76.5 Å². The largest absolute Gasteiger partial charge is 0.381 e. The molecule has 1 aliphatic heterocycles. The lowest BCUT2D eigenvalue weighted by Crippen LogP contribution is -2.34. The van der Waals surface area contributed by atoms with Gasteiger partial charge >= 0.3 is 0 Å².